The molecule has 9 N–H and O–H groups in total. The molecular weight excluding hydrogens is 782 g/mol. The molecule has 1 saturated heterocycles. The van der Waals surface area contributed by atoms with Crippen molar-refractivity contribution in [2.75, 3.05) is 85.1 Å². The number of urea groups is 1. The van der Waals surface area contributed by atoms with Crippen LogP contribution in [0.25, 0.3) is 0 Å². The average Bonchev–Trinajstić information content (AvgIpc) is 3.15. The van der Waals surface area contributed by atoms with Crippen molar-refractivity contribution in [3.63, 3.8) is 0 Å². The highest BCUT2D eigenvalue weighted by Crippen LogP contribution is 2.10. The molecule has 0 saturated carbocycles. The molecule has 1 aromatic rings. The van der Waals surface area contributed by atoms with E-state index in [2.05, 4.69) is 16.0 Å². The lowest BCUT2D eigenvalue weighted by Gasteiger charge is -2.32. The molecule has 1 aliphatic heterocycles. The van der Waals surface area contributed by atoms with Crippen molar-refractivity contribution < 1.29 is 73.8 Å². The molecule has 3 amide bonds. The lowest BCUT2D eigenvalue weighted by molar-refractivity contribution is -0.141. The van der Waals surface area contributed by atoms with Gasteiger partial charge in [0.25, 0.3) is 5.91 Å². The number of Topliss-reactive ketones (excluding diaryl/α,β-unsaturated/α-hetero) is 1. The fourth-order valence-corrected chi connectivity index (χ4v) is 6.14. The zero-order valence-corrected chi connectivity index (χ0v) is 32.8. The molecule has 0 aromatic heterocycles. The maximum absolute atomic E-state index is 13.1. The van der Waals surface area contributed by atoms with Gasteiger partial charge < -0.3 is 46.6 Å². The van der Waals surface area contributed by atoms with Gasteiger partial charge in [-0.05, 0) is 49.8 Å². The van der Waals surface area contributed by atoms with E-state index < -0.39 is 66.8 Å². The third-order valence-corrected chi connectivity index (χ3v) is 9.37. The summed E-state index contributed by atoms with van der Waals surface area (Å²) >= 11 is 0. The van der Waals surface area contributed by atoms with Gasteiger partial charge in [0.2, 0.25) is 0 Å². The van der Waals surface area contributed by atoms with Crippen LogP contribution in [-0.2, 0) is 40.0 Å². The summed E-state index contributed by atoms with van der Waals surface area (Å²) in [6.07, 6.45) is 0.237. The zero-order valence-electron chi connectivity index (χ0n) is 32.8. The Hall–Kier alpha value is -5.71. The molecule has 22 nitrogen and oxygen atoms in total. The molecule has 0 spiro atoms. The van der Waals surface area contributed by atoms with Crippen molar-refractivity contribution in [3.05, 3.63) is 35.4 Å². The normalized spacial score (nSPS) is 16.0. The van der Waals surface area contributed by atoms with E-state index in [9.17, 15) is 68.7 Å². The second-order valence-electron chi connectivity index (χ2n) is 14.1. The Morgan fingerprint density at radius 2 is 0.949 bits per heavy atom. The summed E-state index contributed by atoms with van der Waals surface area (Å²) in [4.78, 5) is 113. The zero-order chi connectivity index (χ0) is 43.9. The highest BCUT2D eigenvalue weighted by atomic mass is 16.4. The average molecular weight is 838 g/mol. The van der Waals surface area contributed by atoms with E-state index in [-0.39, 0.29) is 103 Å². The molecule has 2 rings (SSSR count). The number of nitrogens with one attached hydrogen (secondary N) is 3. The number of ketones is 1. The molecule has 328 valence electrons. The molecule has 0 radical (unpaired) electrons. The summed E-state index contributed by atoms with van der Waals surface area (Å²) in [5, 5.41) is 62.5. The number of amides is 3. The summed E-state index contributed by atoms with van der Waals surface area (Å²) < 4.78 is 0. The van der Waals surface area contributed by atoms with Crippen molar-refractivity contribution in [2.24, 2.45) is 0 Å². The summed E-state index contributed by atoms with van der Waals surface area (Å²) in [5.41, 5.74) is 1.14. The van der Waals surface area contributed by atoms with Crippen molar-refractivity contribution in [3.8, 4) is 0 Å². The SMILES string of the molecule is O=C(O)CCC(NC(=O)NC(CCCCNC(=O)c1ccc(CCC(=O)CN2CCN(CC(=O)O)CCN(CC(=O)O)CCN(CC(=O)O)CC2)cc1)C(=O)O)C(=O)O. The standard InChI is InChI=1S/C37H55N7O15/c45-27(21-41-13-15-42(22-31(48)49)17-19-44(24-33(52)53)20-18-43(16-14-41)23-32(50)51)9-6-25-4-7-26(8-5-25)34(54)38-12-2-1-3-28(35(55)56)39-37(59)40-29(36(57)58)10-11-30(46)47/h4-5,7-8,28-29H,1-3,6,9-24H2,(H,38,54)(H,46,47)(H,48,49)(H,50,51)(H,52,53)(H,55,56)(H,57,58)(H2,39,40,59). The Morgan fingerprint density at radius 3 is 1.36 bits per heavy atom. The van der Waals surface area contributed by atoms with Crippen LogP contribution in [0.15, 0.2) is 24.3 Å². The van der Waals surface area contributed by atoms with E-state index in [1.165, 1.54) is 0 Å². The van der Waals surface area contributed by atoms with E-state index in [0.29, 0.717) is 31.5 Å². The van der Waals surface area contributed by atoms with Crippen LogP contribution in [0.5, 0.6) is 0 Å². The van der Waals surface area contributed by atoms with E-state index >= 15 is 0 Å². The minimum atomic E-state index is -1.52. The highest BCUT2D eigenvalue weighted by Gasteiger charge is 2.25. The van der Waals surface area contributed by atoms with Gasteiger partial charge in [0.05, 0.1) is 26.2 Å². The van der Waals surface area contributed by atoms with Crippen LogP contribution in [0.2, 0.25) is 0 Å². The van der Waals surface area contributed by atoms with E-state index in [0.717, 1.165) is 5.56 Å². The number of carbonyl (C=O) groups is 9. The van der Waals surface area contributed by atoms with Gasteiger partial charge in [-0.1, -0.05) is 12.1 Å². The third-order valence-electron chi connectivity index (χ3n) is 9.37. The first-order valence-electron chi connectivity index (χ1n) is 19.1. The quantitative estimate of drug-likeness (QED) is 0.0543. The minimum absolute atomic E-state index is 0.0297. The Labute approximate surface area is 340 Å². The number of rotatable bonds is 24. The fourth-order valence-electron chi connectivity index (χ4n) is 6.14. The number of carboxylic acid groups (broad SMARTS) is 6. The maximum atomic E-state index is 13.1. The van der Waals surface area contributed by atoms with Gasteiger partial charge in [0.1, 0.15) is 17.9 Å². The first-order chi connectivity index (χ1) is 27.9. The summed E-state index contributed by atoms with van der Waals surface area (Å²) in [7, 11) is 0. The fraction of sp³-hybridized carbons (Fsp3) is 0.595. The Bertz CT molecular complexity index is 1580. The minimum Gasteiger partial charge on any atom is -0.481 e. The topological polar surface area (TPSA) is 324 Å². The Balaban J connectivity index is 1.86. The number of carboxylic acids is 6. The largest absolute Gasteiger partial charge is 0.481 e. The molecule has 22 heteroatoms. The first kappa shape index (κ1) is 49.4. The molecular formula is C37H55N7O15. The number of nitrogens with zero attached hydrogens (tertiary/aromatic N) is 4. The number of aliphatic carboxylic acids is 6. The van der Waals surface area contributed by atoms with Crippen LogP contribution in [0.4, 0.5) is 4.79 Å². The second-order valence-corrected chi connectivity index (χ2v) is 14.1. The maximum Gasteiger partial charge on any atom is 0.326 e. The predicted octanol–water partition coefficient (Wildman–Crippen LogP) is -1.37. The van der Waals surface area contributed by atoms with Crippen molar-refractivity contribution in [1.29, 1.82) is 0 Å². The molecule has 2 atom stereocenters. The van der Waals surface area contributed by atoms with Crippen LogP contribution < -0.4 is 16.0 Å². The second kappa shape index (κ2) is 26.3. The number of benzene rings is 1. The van der Waals surface area contributed by atoms with Gasteiger partial charge in [-0.3, -0.25) is 48.4 Å². The van der Waals surface area contributed by atoms with Gasteiger partial charge in [-0.15, -0.1) is 0 Å². The Morgan fingerprint density at radius 1 is 0.525 bits per heavy atom. The Kier molecular flexibility index (Phi) is 22.1. The number of unbranched alkanes of at least 4 members (excludes halogenated alkanes) is 1. The molecule has 59 heavy (non-hydrogen) atoms. The molecule has 0 aliphatic carbocycles. The number of carbonyl (C=O) groups excluding carboxylic acids is 3. The van der Waals surface area contributed by atoms with Crippen LogP contribution >= 0.6 is 0 Å². The van der Waals surface area contributed by atoms with Gasteiger partial charge >= 0.3 is 41.8 Å². The smallest absolute Gasteiger partial charge is 0.326 e. The van der Waals surface area contributed by atoms with Gasteiger partial charge in [-0.25, -0.2) is 14.4 Å². The molecule has 1 aromatic carbocycles. The summed E-state index contributed by atoms with van der Waals surface area (Å²) in [5.74, 6) is -7.72. The third kappa shape index (κ3) is 21.6. The van der Waals surface area contributed by atoms with E-state index in [4.69, 9.17) is 5.11 Å². The summed E-state index contributed by atoms with van der Waals surface area (Å²) in [6.45, 7) is 1.69. The van der Waals surface area contributed by atoms with Gasteiger partial charge in [0, 0.05) is 77.3 Å². The predicted molar refractivity (Wildman–Crippen MR) is 206 cm³/mol. The number of hydrogen-bond donors (Lipinski definition) is 9. The molecule has 2 unspecified atom stereocenters. The van der Waals surface area contributed by atoms with Crippen LogP contribution in [0.1, 0.15) is 54.4 Å². The lowest BCUT2D eigenvalue weighted by Crippen LogP contribution is -2.51. The monoisotopic (exact) mass is 837 g/mol. The van der Waals surface area contributed by atoms with Gasteiger partial charge in [0.15, 0.2) is 0 Å². The van der Waals surface area contributed by atoms with E-state index in [1.807, 2.05) is 4.90 Å². The first-order valence-corrected chi connectivity index (χ1v) is 19.1. The molecule has 1 heterocycles. The van der Waals surface area contributed by atoms with Crippen molar-refractivity contribution in [1.82, 2.24) is 35.6 Å². The highest BCUT2D eigenvalue weighted by molar-refractivity contribution is 5.94. The van der Waals surface area contributed by atoms with Crippen molar-refractivity contribution >= 4 is 53.5 Å². The van der Waals surface area contributed by atoms with Crippen molar-refractivity contribution in [2.45, 2.75) is 57.0 Å². The number of hydrogen-bond acceptors (Lipinski definition) is 13. The van der Waals surface area contributed by atoms with Crippen LogP contribution in [0, 0.1) is 0 Å². The summed E-state index contributed by atoms with van der Waals surface area (Å²) in [6, 6.07) is 2.66. The van der Waals surface area contributed by atoms with Crippen LogP contribution in [0.3, 0.4) is 0 Å². The molecule has 1 aliphatic rings. The molecule has 0 bridgehead atoms. The van der Waals surface area contributed by atoms with E-state index in [1.54, 1.807) is 39.0 Å². The van der Waals surface area contributed by atoms with Crippen LogP contribution in [-0.4, -0.2) is 201 Å². The lowest BCUT2D eigenvalue weighted by atomic mass is 10.0. The molecule has 1 fully saturated rings. The van der Waals surface area contributed by atoms with Gasteiger partial charge in [-0.2, -0.15) is 0 Å². The number of aryl methyl sites for hydroxylation is 1.